The Kier molecular flexibility index (Phi) is 7.68. The van der Waals surface area contributed by atoms with Crippen molar-refractivity contribution in [1.82, 2.24) is 20.3 Å². The number of halogens is 1. The van der Waals surface area contributed by atoms with Gasteiger partial charge in [0, 0.05) is 30.3 Å². The van der Waals surface area contributed by atoms with Crippen molar-refractivity contribution in [2.45, 2.75) is 31.0 Å². The Morgan fingerprint density at radius 3 is 2.95 bits per heavy atom. The van der Waals surface area contributed by atoms with Gasteiger partial charge in [-0.2, -0.15) is 0 Å². The highest BCUT2D eigenvalue weighted by molar-refractivity contribution is 6.34. The van der Waals surface area contributed by atoms with Crippen LogP contribution < -0.4 is 20.7 Å². The molecule has 5 rings (SSSR count). The first kappa shape index (κ1) is 25.2. The number of methoxy groups -OCH3 is 1. The van der Waals surface area contributed by atoms with Crippen LogP contribution >= 0.6 is 11.6 Å². The van der Waals surface area contributed by atoms with Crippen LogP contribution in [-0.2, 0) is 14.3 Å². The zero-order valence-electron chi connectivity index (χ0n) is 20.5. The Bertz CT molecular complexity index is 1300. The van der Waals surface area contributed by atoms with Gasteiger partial charge in [0.15, 0.2) is 5.82 Å². The first-order valence-electron chi connectivity index (χ1n) is 12.2. The van der Waals surface area contributed by atoms with E-state index in [2.05, 4.69) is 27.5 Å². The monoisotopic (exact) mass is 524 g/mol. The standard InChI is InChI=1S/C26H29ClN6O4/c1-3-22(34)30-19-13-36-14-20(19)32-26-29-11-15-10-18(17-7-4-8-21(35-2)23(17)27)31-25(24(15)33-26)28-12-16-6-5-9-37-16/h3-4,7-8,10-11,16,19-20H,1,5-6,9,12-14H2,2H3,(H,28,31)(H,30,34)(H,29,32,33)/t16?,19-,20+/m0/s1. The number of carbonyl (C=O) groups excluding carboxylic acids is 1. The number of pyridine rings is 1. The highest BCUT2D eigenvalue weighted by Gasteiger charge is 2.30. The van der Waals surface area contributed by atoms with Gasteiger partial charge in [0.1, 0.15) is 11.3 Å². The number of hydrogen-bond acceptors (Lipinski definition) is 9. The highest BCUT2D eigenvalue weighted by Crippen LogP contribution is 2.36. The fourth-order valence-corrected chi connectivity index (χ4v) is 4.80. The molecule has 37 heavy (non-hydrogen) atoms. The second-order valence-corrected chi connectivity index (χ2v) is 9.31. The first-order chi connectivity index (χ1) is 18.1. The van der Waals surface area contributed by atoms with Gasteiger partial charge in [0.05, 0.1) is 49.2 Å². The van der Waals surface area contributed by atoms with Crippen molar-refractivity contribution in [1.29, 1.82) is 0 Å². The lowest BCUT2D eigenvalue weighted by Crippen LogP contribution is -2.45. The van der Waals surface area contributed by atoms with E-state index in [1.54, 1.807) is 13.3 Å². The number of anilines is 2. The summed E-state index contributed by atoms with van der Waals surface area (Å²) in [4.78, 5) is 26.0. The highest BCUT2D eigenvalue weighted by atomic mass is 35.5. The number of amides is 1. The second-order valence-electron chi connectivity index (χ2n) is 8.93. The van der Waals surface area contributed by atoms with Gasteiger partial charge in [-0.25, -0.2) is 15.0 Å². The molecular weight excluding hydrogens is 496 g/mol. The summed E-state index contributed by atoms with van der Waals surface area (Å²) in [6.45, 7) is 5.69. The average Bonchev–Trinajstić information content (AvgIpc) is 3.59. The maximum atomic E-state index is 11.8. The molecule has 3 aromatic rings. The summed E-state index contributed by atoms with van der Waals surface area (Å²) in [5, 5.41) is 10.9. The summed E-state index contributed by atoms with van der Waals surface area (Å²) < 4.78 is 16.7. The van der Waals surface area contributed by atoms with Crippen LogP contribution in [0, 0.1) is 0 Å². The molecule has 0 radical (unpaired) electrons. The topological polar surface area (TPSA) is 120 Å². The van der Waals surface area contributed by atoms with E-state index in [4.69, 9.17) is 35.8 Å². The van der Waals surface area contributed by atoms with Crippen LogP contribution in [-0.4, -0.2) is 72.5 Å². The molecule has 0 spiro atoms. The van der Waals surface area contributed by atoms with E-state index in [1.807, 2.05) is 24.3 Å². The van der Waals surface area contributed by atoms with Gasteiger partial charge < -0.3 is 30.2 Å². The minimum absolute atomic E-state index is 0.116. The fourth-order valence-electron chi connectivity index (χ4n) is 4.50. The predicted molar refractivity (Wildman–Crippen MR) is 142 cm³/mol. The van der Waals surface area contributed by atoms with Gasteiger partial charge in [-0.15, -0.1) is 0 Å². The lowest BCUT2D eigenvalue weighted by Gasteiger charge is -2.20. The Morgan fingerprint density at radius 2 is 2.16 bits per heavy atom. The van der Waals surface area contributed by atoms with Crippen LogP contribution in [0.4, 0.5) is 11.8 Å². The second kappa shape index (κ2) is 11.3. The van der Waals surface area contributed by atoms with E-state index in [0.29, 0.717) is 53.5 Å². The lowest BCUT2D eigenvalue weighted by molar-refractivity contribution is -0.117. The number of nitrogens with one attached hydrogen (secondary N) is 3. The lowest BCUT2D eigenvalue weighted by atomic mass is 10.1. The number of ether oxygens (including phenoxy) is 3. The molecule has 10 nitrogen and oxygen atoms in total. The summed E-state index contributed by atoms with van der Waals surface area (Å²) in [6.07, 6.45) is 5.14. The normalized spacial score (nSPS) is 21.1. The van der Waals surface area contributed by atoms with Crippen LogP contribution in [0.25, 0.3) is 22.2 Å². The molecule has 1 aromatic carbocycles. The van der Waals surface area contributed by atoms with Crippen LogP contribution in [0.1, 0.15) is 12.8 Å². The van der Waals surface area contributed by atoms with Gasteiger partial charge in [0.2, 0.25) is 11.9 Å². The Labute approximate surface area is 219 Å². The summed E-state index contributed by atoms with van der Waals surface area (Å²) in [5.41, 5.74) is 2.07. The molecule has 2 aromatic heterocycles. The number of benzene rings is 1. The van der Waals surface area contributed by atoms with Crippen molar-refractivity contribution < 1.29 is 19.0 Å². The minimum atomic E-state index is -0.254. The molecule has 2 saturated heterocycles. The molecule has 0 bridgehead atoms. The number of carbonyl (C=O) groups is 1. The van der Waals surface area contributed by atoms with Gasteiger partial charge in [0.25, 0.3) is 0 Å². The zero-order chi connectivity index (χ0) is 25.8. The quantitative estimate of drug-likeness (QED) is 0.361. The van der Waals surface area contributed by atoms with Crippen molar-refractivity contribution in [3.05, 3.63) is 48.1 Å². The van der Waals surface area contributed by atoms with E-state index in [9.17, 15) is 4.79 Å². The van der Waals surface area contributed by atoms with Crippen LogP contribution in [0.3, 0.4) is 0 Å². The van der Waals surface area contributed by atoms with Crippen molar-refractivity contribution in [3.63, 3.8) is 0 Å². The largest absolute Gasteiger partial charge is 0.495 e. The van der Waals surface area contributed by atoms with E-state index in [0.717, 1.165) is 30.4 Å². The number of nitrogens with zero attached hydrogens (tertiary/aromatic N) is 3. The van der Waals surface area contributed by atoms with Gasteiger partial charge in [-0.3, -0.25) is 4.79 Å². The smallest absolute Gasteiger partial charge is 0.243 e. The molecule has 2 aliphatic heterocycles. The van der Waals surface area contributed by atoms with E-state index < -0.39 is 0 Å². The SMILES string of the molecule is C=CC(=O)N[C@H]1COC[C@H]1Nc1ncc2cc(-c3cccc(OC)c3Cl)nc(NCC3CCCO3)c2n1. The van der Waals surface area contributed by atoms with Crippen LogP contribution in [0.2, 0.25) is 5.02 Å². The Morgan fingerprint density at radius 1 is 1.30 bits per heavy atom. The molecule has 0 aliphatic carbocycles. The summed E-state index contributed by atoms with van der Waals surface area (Å²) in [5.74, 6) is 1.33. The molecule has 194 valence electrons. The molecule has 2 fully saturated rings. The van der Waals surface area contributed by atoms with Crippen molar-refractivity contribution in [3.8, 4) is 17.0 Å². The zero-order valence-corrected chi connectivity index (χ0v) is 21.3. The fraction of sp³-hybridized carbons (Fsp3) is 0.385. The number of aromatic nitrogens is 3. The molecule has 0 saturated carbocycles. The van der Waals surface area contributed by atoms with Crippen molar-refractivity contribution in [2.75, 3.05) is 44.1 Å². The first-order valence-corrected chi connectivity index (χ1v) is 12.6. The number of rotatable bonds is 9. The molecular formula is C26H29ClN6O4. The third kappa shape index (κ3) is 5.61. The maximum Gasteiger partial charge on any atom is 0.243 e. The molecule has 2 aliphatic rings. The molecule has 3 atom stereocenters. The summed E-state index contributed by atoms with van der Waals surface area (Å²) in [7, 11) is 1.58. The molecule has 3 N–H and O–H groups in total. The van der Waals surface area contributed by atoms with Crippen molar-refractivity contribution >= 4 is 40.2 Å². The van der Waals surface area contributed by atoms with E-state index in [1.165, 1.54) is 6.08 Å². The van der Waals surface area contributed by atoms with E-state index in [-0.39, 0.29) is 24.1 Å². The molecule has 11 heteroatoms. The number of hydrogen-bond donors (Lipinski definition) is 3. The Hall–Kier alpha value is -3.47. The summed E-state index contributed by atoms with van der Waals surface area (Å²) in [6, 6.07) is 7.08. The van der Waals surface area contributed by atoms with Gasteiger partial charge in [-0.1, -0.05) is 30.3 Å². The third-order valence-electron chi connectivity index (χ3n) is 6.45. The molecule has 1 unspecified atom stereocenters. The van der Waals surface area contributed by atoms with Crippen molar-refractivity contribution in [2.24, 2.45) is 0 Å². The average molecular weight is 525 g/mol. The third-order valence-corrected chi connectivity index (χ3v) is 6.84. The van der Waals surface area contributed by atoms with Crippen LogP contribution in [0.5, 0.6) is 5.75 Å². The van der Waals surface area contributed by atoms with Crippen LogP contribution in [0.15, 0.2) is 43.1 Å². The number of fused-ring (bicyclic) bond motifs is 1. The predicted octanol–water partition coefficient (Wildman–Crippen LogP) is 3.43. The summed E-state index contributed by atoms with van der Waals surface area (Å²) >= 11 is 6.61. The Balaban J connectivity index is 1.48. The maximum absolute atomic E-state index is 11.8. The molecule has 4 heterocycles. The molecule has 1 amide bonds. The van der Waals surface area contributed by atoms with Gasteiger partial charge in [-0.05, 0) is 31.1 Å². The van der Waals surface area contributed by atoms with E-state index >= 15 is 0 Å². The minimum Gasteiger partial charge on any atom is -0.495 e. The van der Waals surface area contributed by atoms with Gasteiger partial charge >= 0.3 is 0 Å².